The molecule has 0 heterocycles. The monoisotopic (exact) mass is 258 g/mol. The van der Waals surface area contributed by atoms with E-state index in [4.69, 9.17) is 11.6 Å². The van der Waals surface area contributed by atoms with E-state index in [9.17, 15) is 13.2 Å². The fraction of sp³-hybridized carbons (Fsp3) is 0.143. The molecule has 0 aliphatic heterocycles. The molecule has 0 bridgehead atoms. The summed E-state index contributed by atoms with van der Waals surface area (Å²) in [6.45, 7) is 0. The lowest BCUT2D eigenvalue weighted by Crippen LogP contribution is -1.90. The zero-order chi connectivity index (χ0) is 9.30. The number of halogens is 5. The third-order valence-corrected chi connectivity index (χ3v) is 2.40. The highest BCUT2D eigenvalue weighted by Gasteiger charge is 2.16. The molecule has 1 aromatic carbocycles. The van der Waals surface area contributed by atoms with Gasteiger partial charge in [0.1, 0.15) is 0 Å². The normalized spacial score (nSPS) is 10.8. The summed E-state index contributed by atoms with van der Waals surface area (Å²) < 4.78 is 36.8. The van der Waals surface area contributed by atoms with Crippen molar-refractivity contribution in [2.24, 2.45) is 0 Å². The molecule has 0 atom stereocenters. The Hall–Kier alpha value is -0.220. The van der Waals surface area contributed by atoms with Gasteiger partial charge in [0.05, 0.1) is 9.50 Å². The van der Waals surface area contributed by atoms with E-state index in [-0.39, 0.29) is 9.50 Å². The predicted molar refractivity (Wildman–Crippen MR) is 44.1 cm³/mol. The topological polar surface area (TPSA) is 0 Å². The third kappa shape index (κ3) is 1.75. The summed E-state index contributed by atoms with van der Waals surface area (Å²) in [7, 11) is 0. The molecule has 0 aliphatic rings. The van der Waals surface area contributed by atoms with Crippen LogP contribution in [0.15, 0.2) is 16.6 Å². The van der Waals surface area contributed by atoms with Crippen LogP contribution in [0.3, 0.4) is 0 Å². The molecule has 0 spiro atoms. The molecule has 0 unspecified atom stereocenters. The van der Waals surface area contributed by atoms with Crippen molar-refractivity contribution in [1.29, 1.82) is 0 Å². The van der Waals surface area contributed by atoms with Crippen molar-refractivity contribution in [3.63, 3.8) is 0 Å². The molecule has 0 fully saturated rings. The predicted octanol–water partition coefficient (Wildman–Crippen LogP) is 4.18. The molecule has 1 rings (SSSR count). The minimum Gasteiger partial charge on any atom is -0.205 e. The van der Waals surface area contributed by atoms with Gasteiger partial charge >= 0.3 is 0 Å². The summed E-state index contributed by atoms with van der Waals surface area (Å²) in [6.07, 6.45) is -2.70. The van der Waals surface area contributed by atoms with Gasteiger partial charge < -0.3 is 0 Å². The van der Waals surface area contributed by atoms with E-state index in [1.54, 1.807) is 0 Å². The van der Waals surface area contributed by atoms with Crippen LogP contribution >= 0.6 is 27.5 Å². The van der Waals surface area contributed by atoms with E-state index in [1.807, 2.05) is 0 Å². The minimum absolute atomic E-state index is 0.175. The molecule has 1 aromatic rings. The Morgan fingerprint density at radius 1 is 1.33 bits per heavy atom. The molecule has 12 heavy (non-hydrogen) atoms. The van der Waals surface area contributed by atoms with Crippen LogP contribution in [0.4, 0.5) is 13.2 Å². The zero-order valence-electron chi connectivity index (χ0n) is 5.62. The summed E-state index contributed by atoms with van der Waals surface area (Å²) in [4.78, 5) is 0. The molecule has 0 saturated heterocycles. The van der Waals surface area contributed by atoms with Gasteiger partial charge in [-0.05, 0) is 22.0 Å². The Morgan fingerprint density at radius 2 is 1.92 bits per heavy atom. The van der Waals surface area contributed by atoms with Gasteiger partial charge in [-0.2, -0.15) is 0 Å². The van der Waals surface area contributed by atoms with Crippen molar-refractivity contribution < 1.29 is 13.2 Å². The van der Waals surface area contributed by atoms with Crippen molar-refractivity contribution in [1.82, 2.24) is 0 Å². The van der Waals surface area contributed by atoms with E-state index in [0.29, 0.717) is 0 Å². The molecule has 0 N–H and O–H groups in total. The fourth-order valence-electron chi connectivity index (χ4n) is 0.709. The minimum atomic E-state index is -2.70. The second kappa shape index (κ2) is 3.66. The summed E-state index contributed by atoms with van der Waals surface area (Å²) >= 11 is 8.03. The van der Waals surface area contributed by atoms with E-state index in [0.717, 1.165) is 12.1 Å². The molecule has 5 heteroatoms. The maximum atomic E-state index is 12.8. The van der Waals surface area contributed by atoms with Gasteiger partial charge in [0.25, 0.3) is 6.43 Å². The van der Waals surface area contributed by atoms with Gasteiger partial charge in [0, 0.05) is 5.56 Å². The Bertz CT molecular complexity index is 301. The SMILES string of the molecule is Fc1c(Cl)ccc(C(F)F)c1Br. The van der Waals surface area contributed by atoms with Crippen molar-refractivity contribution >= 4 is 27.5 Å². The molecule has 0 aromatic heterocycles. The highest BCUT2D eigenvalue weighted by Crippen LogP contribution is 2.32. The van der Waals surface area contributed by atoms with Crippen molar-refractivity contribution in [3.8, 4) is 0 Å². The van der Waals surface area contributed by atoms with Crippen LogP contribution in [-0.2, 0) is 0 Å². The maximum Gasteiger partial charge on any atom is 0.265 e. The van der Waals surface area contributed by atoms with Crippen molar-refractivity contribution in [2.45, 2.75) is 6.43 Å². The first-order chi connectivity index (χ1) is 5.54. The van der Waals surface area contributed by atoms with Crippen LogP contribution in [0.25, 0.3) is 0 Å². The first-order valence-corrected chi connectivity index (χ1v) is 4.12. The smallest absolute Gasteiger partial charge is 0.205 e. The Morgan fingerprint density at radius 3 is 2.42 bits per heavy atom. The lowest BCUT2D eigenvalue weighted by molar-refractivity contribution is 0.150. The summed E-state index contributed by atoms with van der Waals surface area (Å²) in [5.74, 6) is -0.852. The van der Waals surface area contributed by atoms with Crippen LogP contribution < -0.4 is 0 Å². The summed E-state index contributed by atoms with van der Waals surface area (Å²) in [5.41, 5.74) is -0.392. The number of benzene rings is 1. The van der Waals surface area contributed by atoms with Gasteiger partial charge in [-0.3, -0.25) is 0 Å². The van der Waals surface area contributed by atoms with Crippen LogP contribution in [0.1, 0.15) is 12.0 Å². The first-order valence-electron chi connectivity index (χ1n) is 2.95. The lowest BCUT2D eigenvalue weighted by Gasteiger charge is -2.04. The van der Waals surface area contributed by atoms with Gasteiger partial charge in [-0.15, -0.1) is 0 Å². The second-order valence-electron chi connectivity index (χ2n) is 2.07. The molecular weight excluding hydrogens is 256 g/mol. The average molecular weight is 259 g/mol. The van der Waals surface area contributed by atoms with Gasteiger partial charge in [-0.1, -0.05) is 17.7 Å². The molecule has 0 nitrogen and oxygen atoms in total. The largest absolute Gasteiger partial charge is 0.265 e. The van der Waals surface area contributed by atoms with Crippen molar-refractivity contribution in [3.05, 3.63) is 33.0 Å². The highest BCUT2D eigenvalue weighted by molar-refractivity contribution is 9.10. The van der Waals surface area contributed by atoms with Gasteiger partial charge in [0.15, 0.2) is 5.82 Å². The van der Waals surface area contributed by atoms with Gasteiger partial charge in [0.2, 0.25) is 0 Å². The average Bonchev–Trinajstić information content (AvgIpc) is 2.00. The Labute approximate surface area is 80.5 Å². The quantitative estimate of drug-likeness (QED) is 0.664. The second-order valence-corrected chi connectivity index (χ2v) is 3.27. The molecule has 0 aliphatic carbocycles. The van der Waals surface area contributed by atoms with Crippen LogP contribution in [0.5, 0.6) is 0 Å². The molecule has 66 valence electrons. The number of rotatable bonds is 1. The standard InChI is InChI=1S/C7H3BrClF3/c8-5-3(7(11)12)1-2-4(9)6(5)10/h1-2,7H. The number of hydrogen-bond donors (Lipinski definition) is 0. The first kappa shape index (κ1) is 9.86. The molecule has 0 radical (unpaired) electrons. The van der Waals surface area contributed by atoms with Crippen molar-refractivity contribution in [2.75, 3.05) is 0 Å². The van der Waals surface area contributed by atoms with E-state index in [1.165, 1.54) is 0 Å². The van der Waals surface area contributed by atoms with Crippen LogP contribution in [0.2, 0.25) is 5.02 Å². The Balaban J connectivity index is 3.27. The maximum absolute atomic E-state index is 12.8. The fourth-order valence-corrected chi connectivity index (χ4v) is 1.50. The number of hydrogen-bond acceptors (Lipinski definition) is 0. The van der Waals surface area contributed by atoms with Crippen LogP contribution in [-0.4, -0.2) is 0 Å². The molecule has 0 saturated carbocycles. The Kier molecular flexibility index (Phi) is 3.01. The molecular formula is C7H3BrClF3. The summed E-state index contributed by atoms with van der Waals surface area (Å²) in [6, 6.07) is 2.18. The number of alkyl halides is 2. The van der Waals surface area contributed by atoms with Crippen LogP contribution in [0, 0.1) is 5.82 Å². The zero-order valence-corrected chi connectivity index (χ0v) is 7.96. The molecule has 0 amide bonds. The highest BCUT2D eigenvalue weighted by atomic mass is 79.9. The van der Waals surface area contributed by atoms with E-state index in [2.05, 4.69) is 15.9 Å². The van der Waals surface area contributed by atoms with E-state index >= 15 is 0 Å². The lowest BCUT2D eigenvalue weighted by atomic mass is 10.2. The third-order valence-electron chi connectivity index (χ3n) is 1.30. The van der Waals surface area contributed by atoms with E-state index < -0.39 is 17.8 Å². The summed E-state index contributed by atoms with van der Waals surface area (Å²) in [5, 5.41) is -0.175. The van der Waals surface area contributed by atoms with Gasteiger partial charge in [-0.25, -0.2) is 13.2 Å².